The van der Waals surface area contributed by atoms with E-state index in [-0.39, 0.29) is 12.0 Å². The van der Waals surface area contributed by atoms with E-state index in [9.17, 15) is 4.79 Å². The Hall–Kier alpha value is -2.85. The molecule has 1 unspecified atom stereocenters. The average molecular weight is 361 g/mol. The van der Waals surface area contributed by atoms with Crippen molar-refractivity contribution < 1.29 is 14.3 Å². The van der Waals surface area contributed by atoms with Gasteiger partial charge in [0.15, 0.2) is 0 Å². The van der Waals surface area contributed by atoms with Crippen LogP contribution in [0.2, 0.25) is 0 Å². The van der Waals surface area contributed by atoms with Crippen LogP contribution in [0.5, 0.6) is 5.75 Å². The Morgan fingerprint density at radius 3 is 2.67 bits per heavy atom. The van der Waals surface area contributed by atoms with Crippen molar-refractivity contribution in [2.24, 2.45) is 0 Å². The summed E-state index contributed by atoms with van der Waals surface area (Å²) in [7, 11) is 0. The van der Waals surface area contributed by atoms with Gasteiger partial charge in [-0.1, -0.05) is 42.5 Å². The first-order chi connectivity index (χ1) is 13.3. The second kappa shape index (κ2) is 8.23. The number of carbonyl (C=O) groups is 1. The van der Waals surface area contributed by atoms with Crippen LogP contribution < -0.4 is 10.1 Å². The van der Waals surface area contributed by atoms with E-state index in [1.165, 1.54) is 0 Å². The van der Waals surface area contributed by atoms with Crippen molar-refractivity contribution in [3.63, 3.8) is 0 Å². The van der Waals surface area contributed by atoms with E-state index in [0.29, 0.717) is 13.0 Å². The molecule has 3 aromatic rings. The van der Waals surface area contributed by atoms with Gasteiger partial charge in [0, 0.05) is 12.3 Å². The number of nitrogens with one attached hydrogen (secondary N) is 1. The van der Waals surface area contributed by atoms with Crippen molar-refractivity contribution in [1.29, 1.82) is 0 Å². The highest BCUT2D eigenvalue weighted by atomic mass is 16.5. The molecule has 0 aliphatic carbocycles. The van der Waals surface area contributed by atoms with Gasteiger partial charge < -0.3 is 14.8 Å². The molecule has 4 nitrogen and oxygen atoms in total. The molecule has 1 saturated heterocycles. The van der Waals surface area contributed by atoms with Crippen LogP contribution in [0.4, 0.5) is 5.69 Å². The minimum atomic E-state index is -0.0284. The molecule has 1 N–H and O–H groups in total. The van der Waals surface area contributed by atoms with Crippen LogP contribution in [-0.2, 0) is 16.0 Å². The molecule has 1 atom stereocenters. The van der Waals surface area contributed by atoms with E-state index < -0.39 is 0 Å². The van der Waals surface area contributed by atoms with E-state index in [2.05, 4.69) is 23.5 Å². The van der Waals surface area contributed by atoms with Crippen LogP contribution >= 0.6 is 0 Å². The Bertz CT molecular complexity index is 909. The first kappa shape index (κ1) is 17.6. The number of anilines is 1. The van der Waals surface area contributed by atoms with Crippen molar-refractivity contribution in [3.05, 3.63) is 72.3 Å². The molecular weight excluding hydrogens is 338 g/mol. The Balaban J connectivity index is 1.35. The Morgan fingerprint density at radius 1 is 1.04 bits per heavy atom. The van der Waals surface area contributed by atoms with E-state index in [1.54, 1.807) is 0 Å². The maximum atomic E-state index is 12.5. The third kappa shape index (κ3) is 4.47. The summed E-state index contributed by atoms with van der Waals surface area (Å²) in [5.74, 6) is 0.761. The van der Waals surface area contributed by atoms with Gasteiger partial charge >= 0.3 is 0 Å². The fourth-order valence-corrected chi connectivity index (χ4v) is 3.42. The van der Waals surface area contributed by atoms with Crippen LogP contribution in [0, 0.1) is 0 Å². The topological polar surface area (TPSA) is 47.6 Å². The summed E-state index contributed by atoms with van der Waals surface area (Å²) in [4.78, 5) is 12.5. The zero-order valence-corrected chi connectivity index (χ0v) is 15.2. The molecule has 1 fully saturated rings. The Morgan fingerprint density at radius 2 is 1.85 bits per heavy atom. The van der Waals surface area contributed by atoms with Crippen molar-refractivity contribution >= 4 is 22.4 Å². The third-order valence-electron chi connectivity index (χ3n) is 4.83. The smallest absolute Gasteiger partial charge is 0.228 e. The first-order valence-electron chi connectivity index (χ1n) is 9.39. The lowest BCUT2D eigenvalue weighted by atomic mass is 10.0. The van der Waals surface area contributed by atoms with Gasteiger partial charge in [-0.25, -0.2) is 0 Å². The minimum Gasteiger partial charge on any atom is -0.491 e. The fraction of sp³-hybridized carbons (Fsp3) is 0.261. The number of hydrogen-bond acceptors (Lipinski definition) is 3. The maximum Gasteiger partial charge on any atom is 0.228 e. The molecule has 0 saturated carbocycles. The van der Waals surface area contributed by atoms with Gasteiger partial charge in [-0.15, -0.1) is 0 Å². The second-order valence-corrected chi connectivity index (χ2v) is 6.83. The minimum absolute atomic E-state index is 0.0284. The van der Waals surface area contributed by atoms with Crippen molar-refractivity contribution in [2.45, 2.75) is 25.4 Å². The SMILES string of the molecule is O=C(Cc1cccc2ccccc12)Nc1ccc(OCC2CCCO2)cc1. The van der Waals surface area contributed by atoms with Crippen molar-refractivity contribution in [2.75, 3.05) is 18.5 Å². The molecule has 1 aliphatic rings. The molecule has 3 aromatic carbocycles. The molecule has 0 spiro atoms. The van der Waals surface area contributed by atoms with Gasteiger partial charge in [-0.3, -0.25) is 4.79 Å². The van der Waals surface area contributed by atoms with E-state index in [0.717, 1.165) is 47.2 Å². The largest absolute Gasteiger partial charge is 0.491 e. The number of hydrogen-bond donors (Lipinski definition) is 1. The standard InChI is InChI=1S/C23H23NO3/c25-23(15-18-7-3-6-17-5-1-2-9-22(17)18)24-19-10-12-20(13-11-19)27-16-21-8-4-14-26-21/h1-3,5-7,9-13,21H,4,8,14-16H2,(H,24,25). The number of benzene rings is 3. The number of carbonyl (C=O) groups excluding carboxylic acids is 1. The predicted molar refractivity (Wildman–Crippen MR) is 107 cm³/mol. The van der Waals surface area contributed by atoms with Gasteiger partial charge in [0.25, 0.3) is 0 Å². The number of fused-ring (bicyclic) bond motifs is 1. The maximum absolute atomic E-state index is 12.5. The first-order valence-corrected chi connectivity index (χ1v) is 9.39. The van der Waals surface area contributed by atoms with E-state index >= 15 is 0 Å². The molecule has 0 aromatic heterocycles. The summed E-state index contributed by atoms with van der Waals surface area (Å²) in [6, 6.07) is 21.7. The highest BCUT2D eigenvalue weighted by Gasteiger charge is 2.16. The van der Waals surface area contributed by atoms with Crippen LogP contribution in [0.25, 0.3) is 10.8 Å². The summed E-state index contributed by atoms with van der Waals surface area (Å²) in [6.45, 7) is 1.41. The zero-order chi connectivity index (χ0) is 18.5. The van der Waals surface area contributed by atoms with Gasteiger partial charge in [-0.05, 0) is 53.4 Å². The van der Waals surface area contributed by atoms with Gasteiger partial charge in [-0.2, -0.15) is 0 Å². The summed E-state index contributed by atoms with van der Waals surface area (Å²) >= 11 is 0. The van der Waals surface area contributed by atoms with Crippen LogP contribution in [0.1, 0.15) is 18.4 Å². The van der Waals surface area contributed by atoms with Crippen molar-refractivity contribution in [3.8, 4) is 5.75 Å². The van der Waals surface area contributed by atoms with Gasteiger partial charge in [0.05, 0.1) is 12.5 Å². The van der Waals surface area contributed by atoms with Gasteiger partial charge in [0.1, 0.15) is 12.4 Å². The van der Waals surface area contributed by atoms with E-state index in [4.69, 9.17) is 9.47 Å². The van der Waals surface area contributed by atoms with Crippen molar-refractivity contribution in [1.82, 2.24) is 0 Å². The highest BCUT2D eigenvalue weighted by Crippen LogP contribution is 2.21. The Kier molecular flexibility index (Phi) is 5.35. The summed E-state index contributed by atoms with van der Waals surface area (Å²) < 4.78 is 11.3. The van der Waals surface area contributed by atoms with Crippen LogP contribution in [0.3, 0.4) is 0 Å². The third-order valence-corrected chi connectivity index (χ3v) is 4.83. The molecule has 1 heterocycles. The highest BCUT2D eigenvalue weighted by molar-refractivity contribution is 5.96. The molecule has 27 heavy (non-hydrogen) atoms. The zero-order valence-electron chi connectivity index (χ0n) is 15.2. The summed E-state index contributed by atoms with van der Waals surface area (Å²) in [6.07, 6.45) is 2.71. The summed E-state index contributed by atoms with van der Waals surface area (Å²) in [5.41, 5.74) is 1.80. The van der Waals surface area contributed by atoms with Crippen LogP contribution in [0.15, 0.2) is 66.7 Å². The monoisotopic (exact) mass is 361 g/mol. The fourth-order valence-electron chi connectivity index (χ4n) is 3.42. The lowest BCUT2D eigenvalue weighted by Crippen LogP contribution is -2.16. The quantitative estimate of drug-likeness (QED) is 0.699. The number of ether oxygens (including phenoxy) is 2. The summed E-state index contributed by atoms with van der Waals surface area (Å²) in [5, 5.41) is 5.23. The average Bonchev–Trinajstić information content (AvgIpc) is 3.21. The molecule has 4 rings (SSSR count). The molecule has 0 bridgehead atoms. The lowest BCUT2D eigenvalue weighted by Gasteiger charge is -2.12. The molecule has 4 heteroatoms. The predicted octanol–water partition coefficient (Wildman–Crippen LogP) is 4.58. The molecule has 138 valence electrons. The van der Waals surface area contributed by atoms with Gasteiger partial charge in [0.2, 0.25) is 5.91 Å². The van der Waals surface area contributed by atoms with E-state index in [1.807, 2.05) is 48.5 Å². The normalized spacial score (nSPS) is 16.4. The molecular formula is C23H23NO3. The van der Waals surface area contributed by atoms with Crippen LogP contribution in [-0.4, -0.2) is 25.2 Å². The Labute approximate surface area is 159 Å². The number of amides is 1. The molecule has 1 aliphatic heterocycles. The number of rotatable bonds is 6. The second-order valence-electron chi connectivity index (χ2n) is 6.83. The molecule has 1 amide bonds. The molecule has 0 radical (unpaired) electrons. The lowest BCUT2D eigenvalue weighted by molar-refractivity contribution is -0.115.